The van der Waals surface area contributed by atoms with Crippen molar-refractivity contribution in [2.75, 3.05) is 29.5 Å². The maximum absolute atomic E-state index is 13.5. The van der Waals surface area contributed by atoms with Crippen molar-refractivity contribution in [2.45, 2.75) is 33.0 Å². The number of halogens is 3. The zero-order valence-electron chi connectivity index (χ0n) is 19.0. The fourth-order valence-electron chi connectivity index (χ4n) is 4.65. The summed E-state index contributed by atoms with van der Waals surface area (Å²) in [5.74, 6) is -0.0637. The lowest BCUT2D eigenvalue weighted by Gasteiger charge is -2.33. The number of anilines is 3. The van der Waals surface area contributed by atoms with E-state index >= 15 is 0 Å². The van der Waals surface area contributed by atoms with Crippen LogP contribution >= 0.6 is 0 Å². The Morgan fingerprint density at radius 2 is 1.91 bits per heavy atom. The summed E-state index contributed by atoms with van der Waals surface area (Å²) in [5, 5.41) is 11.4. The lowest BCUT2D eigenvalue weighted by Crippen LogP contribution is -2.34. The summed E-state index contributed by atoms with van der Waals surface area (Å²) < 4.78 is 46.9. The van der Waals surface area contributed by atoms with E-state index in [9.17, 15) is 13.2 Å². The maximum Gasteiger partial charge on any atom is 0.453 e. The molecule has 0 N–H and O–H groups in total. The van der Waals surface area contributed by atoms with Crippen LogP contribution in [0.25, 0.3) is 5.65 Å². The first-order valence-corrected chi connectivity index (χ1v) is 11.2. The first kappa shape index (κ1) is 21.6. The predicted octanol–water partition coefficient (Wildman–Crippen LogP) is 3.64. The summed E-state index contributed by atoms with van der Waals surface area (Å²) in [6.07, 6.45) is -0.450. The third-order valence-electron chi connectivity index (χ3n) is 6.55. The SMILES string of the molecule is Cc1c(N2CCc3ncc(N4CCOc5ncccc54)cc3C2)nn2c(C(F)(F)F)nnc2c1C. The largest absolute Gasteiger partial charge is 0.474 e. The third-order valence-corrected chi connectivity index (χ3v) is 6.55. The fraction of sp³-hybridized carbons (Fsp3) is 0.348. The quantitative estimate of drug-likeness (QED) is 0.428. The van der Waals surface area contributed by atoms with Gasteiger partial charge in [-0.15, -0.1) is 15.3 Å². The minimum Gasteiger partial charge on any atom is -0.474 e. The molecule has 180 valence electrons. The predicted molar refractivity (Wildman–Crippen MR) is 121 cm³/mol. The Labute approximate surface area is 198 Å². The molecular weight excluding hydrogens is 461 g/mol. The highest BCUT2D eigenvalue weighted by molar-refractivity contribution is 5.69. The number of nitrogens with zero attached hydrogens (tertiary/aromatic N) is 8. The topological polar surface area (TPSA) is 84.6 Å². The van der Waals surface area contributed by atoms with Gasteiger partial charge in [-0.3, -0.25) is 4.98 Å². The van der Waals surface area contributed by atoms with Gasteiger partial charge in [-0.2, -0.15) is 17.7 Å². The molecule has 0 aromatic carbocycles. The van der Waals surface area contributed by atoms with Gasteiger partial charge in [0.25, 0.3) is 5.82 Å². The molecule has 6 rings (SSSR count). The summed E-state index contributed by atoms with van der Waals surface area (Å²) in [6, 6.07) is 5.90. The number of alkyl halides is 3. The van der Waals surface area contributed by atoms with Gasteiger partial charge >= 0.3 is 6.18 Å². The molecule has 0 atom stereocenters. The van der Waals surface area contributed by atoms with Crippen molar-refractivity contribution in [1.29, 1.82) is 0 Å². The second kappa shape index (κ2) is 7.79. The van der Waals surface area contributed by atoms with Gasteiger partial charge in [0.15, 0.2) is 11.5 Å². The number of ether oxygens (including phenoxy) is 1. The molecule has 0 amide bonds. The number of aryl methyl sites for hydroxylation is 1. The van der Waals surface area contributed by atoms with Gasteiger partial charge in [0.05, 0.1) is 18.4 Å². The van der Waals surface area contributed by atoms with Crippen molar-refractivity contribution < 1.29 is 17.9 Å². The van der Waals surface area contributed by atoms with Gasteiger partial charge in [-0.25, -0.2) is 4.98 Å². The van der Waals surface area contributed by atoms with Crippen molar-refractivity contribution in [2.24, 2.45) is 0 Å². The van der Waals surface area contributed by atoms with Gasteiger partial charge in [-0.05, 0) is 37.6 Å². The Balaban J connectivity index is 1.37. The molecular formula is C23H21F3N8O. The molecule has 0 saturated heterocycles. The van der Waals surface area contributed by atoms with Gasteiger partial charge < -0.3 is 14.5 Å². The molecule has 2 aliphatic rings. The van der Waals surface area contributed by atoms with E-state index in [1.165, 1.54) is 0 Å². The second-order valence-electron chi connectivity index (χ2n) is 8.63. The summed E-state index contributed by atoms with van der Waals surface area (Å²) in [4.78, 5) is 13.1. The Morgan fingerprint density at radius 1 is 1.06 bits per heavy atom. The standard InChI is InChI=1S/C23H21F3N8O/c1-13-14(2)20(31-34-19(13)29-30-22(34)23(24,25)26)32-7-5-17-15(12-32)10-16(11-28-17)33-8-9-35-21-18(33)4-3-6-27-21/h3-4,6,10-11H,5,7-9,12H2,1-2H3. The van der Waals surface area contributed by atoms with Crippen LogP contribution in [0.2, 0.25) is 0 Å². The van der Waals surface area contributed by atoms with E-state index in [0.29, 0.717) is 49.9 Å². The minimum absolute atomic E-state index is 0.111. The van der Waals surface area contributed by atoms with Crippen LogP contribution < -0.4 is 14.5 Å². The van der Waals surface area contributed by atoms with E-state index in [1.807, 2.05) is 30.2 Å². The van der Waals surface area contributed by atoms with Gasteiger partial charge in [-0.1, -0.05) is 0 Å². The number of aromatic nitrogens is 6. The van der Waals surface area contributed by atoms with E-state index in [2.05, 4.69) is 31.2 Å². The van der Waals surface area contributed by atoms with E-state index in [1.54, 1.807) is 13.1 Å². The van der Waals surface area contributed by atoms with Gasteiger partial charge in [0.1, 0.15) is 12.3 Å². The Hall–Kier alpha value is -3.96. The lowest BCUT2D eigenvalue weighted by molar-refractivity contribution is -0.146. The molecule has 0 radical (unpaired) electrons. The zero-order chi connectivity index (χ0) is 24.3. The molecule has 0 saturated carbocycles. The highest BCUT2D eigenvalue weighted by Gasteiger charge is 2.38. The van der Waals surface area contributed by atoms with Crippen LogP contribution in [0.1, 0.15) is 28.2 Å². The average molecular weight is 482 g/mol. The number of hydrogen-bond donors (Lipinski definition) is 0. The smallest absolute Gasteiger partial charge is 0.453 e. The highest BCUT2D eigenvalue weighted by atomic mass is 19.4. The summed E-state index contributed by atoms with van der Waals surface area (Å²) in [6.45, 7) is 5.82. The molecule has 0 bridgehead atoms. The number of pyridine rings is 2. The van der Waals surface area contributed by atoms with Gasteiger partial charge in [0, 0.05) is 42.5 Å². The van der Waals surface area contributed by atoms with Crippen molar-refractivity contribution in [3.63, 3.8) is 0 Å². The van der Waals surface area contributed by atoms with Crippen LogP contribution in [-0.4, -0.2) is 49.5 Å². The number of fused-ring (bicyclic) bond motifs is 3. The Morgan fingerprint density at radius 3 is 2.74 bits per heavy atom. The van der Waals surface area contributed by atoms with Crippen LogP contribution in [0.3, 0.4) is 0 Å². The average Bonchev–Trinajstić information content (AvgIpc) is 3.30. The molecule has 9 nitrogen and oxygen atoms in total. The van der Waals surface area contributed by atoms with E-state index < -0.39 is 12.0 Å². The third kappa shape index (κ3) is 3.51. The van der Waals surface area contributed by atoms with Crippen LogP contribution in [0, 0.1) is 13.8 Å². The van der Waals surface area contributed by atoms with E-state index in [-0.39, 0.29) is 5.65 Å². The van der Waals surface area contributed by atoms with E-state index in [0.717, 1.165) is 32.7 Å². The summed E-state index contributed by atoms with van der Waals surface area (Å²) in [5.41, 5.74) is 5.27. The monoisotopic (exact) mass is 482 g/mol. The highest BCUT2D eigenvalue weighted by Crippen LogP contribution is 2.36. The molecule has 4 aromatic rings. The second-order valence-corrected chi connectivity index (χ2v) is 8.63. The summed E-state index contributed by atoms with van der Waals surface area (Å²) in [7, 11) is 0. The van der Waals surface area contributed by atoms with Crippen LogP contribution in [0.5, 0.6) is 5.88 Å². The van der Waals surface area contributed by atoms with Crippen molar-refractivity contribution in [3.8, 4) is 5.88 Å². The normalized spacial score (nSPS) is 15.7. The molecule has 0 aliphatic carbocycles. The first-order valence-electron chi connectivity index (χ1n) is 11.2. The van der Waals surface area contributed by atoms with Crippen molar-refractivity contribution in [3.05, 3.63) is 58.8 Å². The summed E-state index contributed by atoms with van der Waals surface area (Å²) >= 11 is 0. The molecule has 35 heavy (non-hydrogen) atoms. The van der Waals surface area contributed by atoms with Crippen molar-refractivity contribution >= 4 is 22.8 Å². The first-order chi connectivity index (χ1) is 16.8. The maximum atomic E-state index is 13.5. The number of rotatable bonds is 2. The van der Waals surface area contributed by atoms with Crippen molar-refractivity contribution in [1.82, 2.24) is 29.8 Å². The zero-order valence-corrected chi connectivity index (χ0v) is 19.0. The minimum atomic E-state index is -4.65. The van der Waals surface area contributed by atoms with Crippen LogP contribution in [0.15, 0.2) is 30.6 Å². The van der Waals surface area contributed by atoms with Crippen LogP contribution in [-0.2, 0) is 19.1 Å². The fourth-order valence-corrected chi connectivity index (χ4v) is 4.65. The lowest BCUT2D eigenvalue weighted by atomic mass is 10.0. The number of hydrogen-bond acceptors (Lipinski definition) is 8. The van der Waals surface area contributed by atoms with Gasteiger partial charge in [0.2, 0.25) is 5.88 Å². The van der Waals surface area contributed by atoms with E-state index in [4.69, 9.17) is 9.72 Å². The Bertz CT molecular complexity index is 1450. The molecule has 0 fully saturated rings. The molecule has 2 aliphatic heterocycles. The van der Waals surface area contributed by atoms with Crippen LogP contribution in [0.4, 0.5) is 30.4 Å². The molecule has 0 unspecified atom stereocenters. The Kier molecular flexibility index (Phi) is 4.80. The molecule has 4 aromatic heterocycles. The molecule has 0 spiro atoms. The molecule has 6 heterocycles. The molecule has 12 heteroatoms.